The Morgan fingerprint density at radius 1 is 1.14 bits per heavy atom. The maximum absolute atomic E-state index is 12.3. The Morgan fingerprint density at radius 3 is 2.77 bits per heavy atom. The lowest BCUT2D eigenvalue weighted by atomic mass is 9.94. The highest BCUT2D eigenvalue weighted by Crippen LogP contribution is 2.28. The van der Waals surface area contributed by atoms with Crippen LogP contribution < -0.4 is 15.4 Å². The highest BCUT2D eigenvalue weighted by molar-refractivity contribution is 6.06. The number of methoxy groups -OCH3 is 1. The van der Waals surface area contributed by atoms with Gasteiger partial charge in [0.05, 0.1) is 30.5 Å². The summed E-state index contributed by atoms with van der Waals surface area (Å²) in [6.45, 7) is 2.66. The molecular weight excluding hydrogens is 444 g/mol. The van der Waals surface area contributed by atoms with Gasteiger partial charge >= 0.3 is 0 Å². The number of fused-ring (bicyclic) bond motifs is 1. The summed E-state index contributed by atoms with van der Waals surface area (Å²) in [5.41, 5.74) is 4.62. The summed E-state index contributed by atoms with van der Waals surface area (Å²) in [4.78, 5) is 29.7. The number of hydrogen-bond acceptors (Lipinski definition) is 8. The number of aliphatic hydroxyl groups is 1. The zero-order valence-corrected chi connectivity index (χ0v) is 19.9. The van der Waals surface area contributed by atoms with Gasteiger partial charge in [0.1, 0.15) is 12.1 Å². The number of aromatic nitrogens is 4. The molecule has 4 rings (SSSR count). The van der Waals surface area contributed by atoms with E-state index in [2.05, 4.69) is 43.6 Å². The molecule has 4 aromatic rings. The third kappa shape index (κ3) is 5.20. The number of amides is 1. The van der Waals surface area contributed by atoms with Crippen LogP contribution in [0.1, 0.15) is 40.7 Å². The molecule has 0 fully saturated rings. The first-order chi connectivity index (χ1) is 17.0. The van der Waals surface area contributed by atoms with Crippen molar-refractivity contribution in [2.24, 2.45) is 0 Å². The van der Waals surface area contributed by atoms with Crippen LogP contribution in [0.5, 0.6) is 5.88 Å². The molecule has 1 amide bonds. The van der Waals surface area contributed by atoms with Crippen molar-refractivity contribution in [3.63, 3.8) is 0 Å². The number of anilines is 1. The summed E-state index contributed by atoms with van der Waals surface area (Å²) in [7, 11) is 3.14. The Kier molecular flexibility index (Phi) is 7.47. The molecule has 3 heterocycles. The van der Waals surface area contributed by atoms with Crippen LogP contribution >= 0.6 is 0 Å². The van der Waals surface area contributed by atoms with Crippen LogP contribution in [-0.2, 0) is 6.61 Å². The van der Waals surface area contributed by atoms with Crippen molar-refractivity contribution in [2.75, 3.05) is 26.0 Å². The first-order valence-corrected chi connectivity index (χ1v) is 11.4. The van der Waals surface area contributed by atoms with Crippen molar-refractivity contribution in [1.82, 2.24) is 25.3 Å². The lowest BCUT2D eigenvalue weighted by Crippen LogP contribution is -2.18. The van der Waals surface area contributed by atoms with Crippen LogP contribution in [0.25, 0.3) is 22.2 Å². The number of hydrogen-bond donors (Lipinski definition) is 3. The van der Waals surface area contributed by atoms with E-state index in [1.807, 2.05) is 18.2 Å². The quantitative estimate of drug-likeness (QED) is 0.338. The molecule has 0 aliphatic heterocycles. The molecule has 3 N–H and O–H groups in total. The van der Waals surface area contributed by atoms with Gasteiger partial charge in [0.25, 0.3) is 5.91 Å². The lowest BCUT2D eigenvalue weighted by Gasteiger charge is -2.16. The zero-order valence-electron chi connectivity index (χ0n) is 19.9. The second kappa shape index (κ2) is 10.9. The van der Waals surface area contributed by atoms with Crippen LogP contribution in [0.4, 0.5) is 5.82 Å². The first-order valence-electron chi connectivity index (χ1n) is 11.4. The molecule has 9 nitrogen and oxygen atoms in total. The molecule has 0 bridgehead atoms. The van der Waals surface area contributed by atoms with Gasteiger partial charge in [-0.1, -0.05) is 25.1 Å². The summed E-state index contributed by atoms with van der Waals surface area (Å²) < 4.78 is 5.17. The SMILES string of the molecule is CNC(=O)c1ccnc2c(C(C)CCNc3cc(-c4cnc(OC)c(CO)c4)ncn3)cccc12. The molecule has 0 radical (unpaired) electrons. The van der Waals surface area contributed by atoms with Gasteiger partial charge < -0.3 is 20.5 Å². The van der Waals surface area contributed by atoms with E-state index in [0.29, 0.717) is 35.1 Å². The number of rotatable bonds is 9. The van der Waals surface area contributed by atoms with E-state index >= 15 is 0 Å². The highest BCUT2D eigenvalue weighted by Gasteiger charge is 2.15. The second-order valence-corrected chi connectivity index (χ2v) is 8.14. The molecule has 35 heavy (non-hydrogen) atoms. The van der Waals surface area contributed by atoms with E-state index in [9.17, 15) is 9.90 Å². The molecule has 180 valence electrons. The van der Waals surface area contributed by atoms with E-state index in [1.165, 1.54) is 13.4 Å². The minimum atomic E-state index is -0.175. The Hall–Kier alpha value is -4.11. The number of ether oxygens (including phenoxy) is 1. The first kappa shape index (κ1) is 24.0. The standard InChI is InChI=1S/C26H28N6O3/c1-16(19-5-4-6-20-21(25(34)27-2)8-10-29-24(19)20)7-9-28-23-12-22(31-15-32-23)17-11-18(14-33)26(35-3)30-13-17/h4-6,8,10-13,15-16,33H,7,9,14H2,1-3H3,(H,27,34)(H,28,31,32). The van der Waals surface area contributed by atoms with Crippen LogP contribution in [0.2, 0.25) is 0 Å². The molecule has 0 saturated carbocycles. The summed E-state index contributed by atoms with van der Waals surface area (Å²) in [5, 5.41) is 16.5. The van der Waals surface area contributed by atoms with Gasteiger partial charge in [-0.05, 0) is 30.0 Å². The van der Waals surface area contributed by atoms with Gasteiger partial charge in [-0.15, -0.1) is 0 Å². The van der Waals surface area contributed by atoms with Crippen LogP contribution in [0.15, 0.2) is 55.1 Å². The van der Waals surface area contributed by atoms with Crippen molar-refractivity contribution < 1.29 is 14.6 Å². The van der Waals surface area contributed by atoms with Gasteiger partial charge in [-0.25, -0.2) is 15.0 Å². The molecule has 0 aliphatic rings. The molecule has 1 aromatic carbocycles. The molecule has 1 atom stereocenters. The summed E-state index contributed by atoms with van der Waals surface area (Å²) >= 11 is 0. The minimum Gasteiger partial charge on any atom is -0.481 e. The maximum atomic E-state index is 12.3. The fraction of sp³-hybridized carbons (Fsp3) is 0.269. The lowest BCUT2D eigenvalue weighted by molar-refractivity contribution is 0.0964. The number of para-hydroxylation sites is 1. The fourth-order valence-electron chi connectivity index (χ4n) is 4.05. The van der Waals surface area contributed by atoms with Crippen molar-refractivity contribution in [2.45, 2.75) is 25.9 Å². The number of nitrogens with one attached hydrogen (secondary N) is 2. The van der Waals surface area contributed by atoms with E-state index in [-0.39, 0.29) is 18.4 Å². The molecule has 3 aromatic heterocycles. The second-order valence-electron chi connectivity index (χ2n) is 8.14. The number of benzene rings is 1. The summed E-state index contributed by atoms with van der Waals surface area (Å²) in [5.74, 6) is 1.17. The Bertz CT molecular complexity index is 1340. The van der Waals surface area contributed by atoms with E-state index in [4.69, 9.17) is 4.74 Å². The monoisotopic (exact) mass is 472 g/mol. The van der Waals surface area contributed by atoms with E-state index in [0.717, 1.165) is 28.5 Å². The zero-order chi connectivity index (χ0) is 24.8. The molecule has 9 heteroatoms. The van der Waals surface area contributed by atoms with Gasteiger partial charge in [0, 0.05) is 48.6 Å². The van der Waals surface area contributed by atoms with Crippen LogP contribution in [0.3, 0.4) is 0 Å². The Labute approximate surface area is 203 Å². The van der Waals surface area contributed by atoms with Crippen molar-refractivity contribution in [3.8, 4) is 17.1 Å². The average molecular weight is 473 g/mol. The van der Waals surface area contributed by atoms with E-state index in [1.54, 1.807) is 31.6 Å². The number of carbonyl (C=O) groups excluding carboxylic acids is 1. The van der Waals surface area contributed by atoms with Crippen molar-refractivity contribution >= 4 is 22.6 Å². The molecule has 0 saturated heterocycles. The van der Waals surface area contributed by atoms with Crippen molar-refractivity contribution in [1.29, 1.82) is 0 Å². The molecular formula is C26H28N6O3. The molecule has 0 aliphatic carbocycles. The number of carbonyl (C=O) groups is 1. The number of aliphatic hydroxyl groups excluding tert-OH is 1. The van der Waals surface area contributed by atoms with Crippen molar-refractivity contribution in [3.05, 3.63) is 71.8 Å². The molecule has 1 unspecified atom stereocenters. The third-order valence-electron chi connectivity index (χ3n) is 5.94. The summed E-state index contributed by atoms with van der Waals surface area (Å²) in [6.07, 6.45) is 5.68. The largest absolute Gasteiger partial charge is 0.481 e. The normalized spacial score (nSPS) is 11.8. The maximum Gasteiger partial charge on any atom is 0.251 e. The minimum absolute atomic E-state index is 0.124. The predicted molar refractivity (Wildman–Crippen MR) is 134 cm³/mol. The van der Waals surface area contributed by atoms with Gasteiger partial charge in [-0.3, -0.25) is 9.78 Å². The summed E-state index contributed by atoms with van der Waals surface area (Å²) in [6, 6.07) is 11.4. The smallest absolute Gasteiger partial charge is 0.251 e. The fourth-order valence-corrected chi connectivity index (χ4v) is 4.05. The topological polar surface area (TPSA) is 122 Å². The Balaban J connectivity index is 1.47. The predicted octanol–water partition coefficient (Wildman–Crippen LogP) is 3.55. The average Bonchev–Trinajstić information content (AvgIpc) is 2.91. The van der Waals surface area contributed by atoms with Gasteiger partial charge in [-0.2, -0.15) is 0 Å². The number of nitrogens with zero attached hydrogens (tertiary/aromatic N) is 4. The molecule has 0 spiro atoms. The number of pyridine rings is 2. The van der Waals surface area contributed by atoms with Crippen LogP contribution in [-0.4, -0.2) is 51.7 Å². The van der Waals surface area contributed by atoms with E-state index < -0.39 is 0 Å². The highest BCUT2D eigenvalue weighted by atomic mass is 16.5. The van der Waals surface area contributed by atoms with Gasteiger partial charge in [0.15, 0.2) is 0 Å². The Morgan fingerprint density at radius 2 is 2.00 bits per heavy atom. The third-order valence-corrected chi connectivity index (χ3v) is 5.94. The van der Waals surface area contributed by atoms with Gasteiger partial charge in [0.2, 0.25) is 5.88 Å². The van der Waals surface area contributed by atoms with Crippen LogP contribution in [0, 0.1) is 0 Å².